The largest absolute Gasteiger partial charge is 0.378 e. The number of halogens is 1. The van der Waals surface area contributed by atoms with E-state index in [-0.39, 0.29) is 36.2 Å². The van der Waals surface area contributed by atoms with Crippen molar-refractivity contribution < 1.29 is 14.3 Å². The Morgan fingerprint density at radius 3 is 2.55 bits per heavy atom. The first kappa shape index (κ1) is 17.2. The highest BCUT2D eigenvalue weighted by molar-refractivity contribution is 5.85. The molecule has 6 nitrogen and oxygen atoms in total. The van der Waals surface area contributed by atoms with Crippen molar-refractivity contribution in [3.05, 3.63) is 0 Å². The van der Waals surface area contributed by atoms with Crippen molar-refractivity contribution in [2.45, 2.75) is 31.7 Å². The van der Waals surface area contributed by atoms with Crippen LogP contribution in [0, 0.1) is 5.92 Å². The standard InChI is InChI=1S/C13H23N3O3.ClH/c14-11-2-1-10(9-11)13(18)15-4-3-12(17)16-5-7-19-8-6-16;/h10-11H,1-9,14H2,(H,15,18);1H. The molecule has 0 aromatic heterocycles. The van der Waals surface area contributed by atoms with Crippen LogP contribution >= 0.6 is 12.4 Å². The Morgan fingerprint density at radius 2 is 1.95 bits per heavy atom. The second-order valence-corrected chi connectivity index (χ2v) is 5.30. The smallest absolute Gasteiger partial charge is 0.224 e. The van der Waals surface area contributed by atoms with Gasteiger partial charge in [-0.2, -0.15) is 0 Å². The summed E-state index contributed by atoms with van der Waals surface area (Å²) in [7, 11) is 0. The second-order valence-electron chi connectivity index (χ2n) is 5.30. The number of nitrogens with one attached hydrogen (secondary N) is 1. The summed E-state index contributed by atoms with van der Waals surface area (Å²) in [5, 5.41) is 2.84. The lowest BCUT2D eigenvalue weighted by atomic mass is 10.1. The highest BCUT2D eigenvalue weighted by atomic mass is 35.5. The minimum absolute atomic E-state index is 0. The molecule has 1 aliphatic carbocycles. The van der Waals surface area contributed by atoms with Gasteiger partial charge in [0, 0.05) is 38.0 Å². The zero-order chi connectivity index (χ0) is 13.7. The van der Waals surface area contributed by atoms with Gasteiger partial charge < -0.3 is 20.7 Å². The van der Waals surface area contributed by atoms with E-state index < -0.39 is 0 Å². The van der Waals surface area contributed by atoms with Gasteiger partial charge in [0.25, 0.3) is 0 Å². The van der Waals surface area contributed by atoms with Gasteiger partial charge in [-0.1, -0.05) is 0 Å². The Balaban J connectivity index is 0.00000200. The molecule has 1 heterocycles. The fourth-order valence-electron chi connectivity index (χ4n) is 2.66. The van der Waals surface area contributed by atoms with Crippen LogP contribution in [-0.2, 0) is 14.3 Å². The maximum atomic E-state index is 11.9. The average molecular weight is 306 g/mol. The van der Waals surface area contributed by atoms with E-state index in [1.165, 1.54) is 0 Å². The molecule has 1 saturated heterocycles. The maximum absolute atomic E-state index is 11.9. The average Bonchev–Trinajstić information content (AvgIpc) is 2.86. The van der Waals surface area contributed by atoms with Gasteiger partial charge in [0.05, 0.1) is 13.2 Å². The molecule has 2 amide bonds. The summed E-state index contributed by atoms with van der Waals surface area (Å²) in [5.74, 6) is 0.169. The van der Waals surface area contributed by atoms with Gasteiger partial charge in [0.2, 0.25) is 11.8 Å². The number of nitrogens with zero attached hydrogens (tertiary/aromatic N) is 1. The van der Waals surface area contributed by atoms with Crippen LogP contribution in [0.2, 0.25) is 0 Å². The molecule has 0 spiro atoms. The number of hydrogen-bond donors (Lipinski definition) is 2. The van der Waals surface area contributed by atoms with Crippen molar-refractivity contribution in [3.8, 4) is 0 Å². The number of hydrogen-bond acceptors (Lipinski definition) is 4. The summed E-state index contributed by atoms with van der Waals surface area (Å²) < 4.78 is 5.19. The van der Waals surface area contributed by atoms with Crippen molar-refractivity contribution in [2.75, 3.05) is 32.8 Å². The Hall–Kier alpha value is -0.850. The van der Waals surface area contributed by atoms with Crippen molar-refractivity contribution in [1.29, 1.82) is 0 Å². The molecule has 2 unspecified atom stereocenters. The predicted molar refractivity (Wildman–Crippen MR) is 77.6 cm³/mol. The van der Waals surface area contributed by atoms with Crippen LogP contribution in [0.1, 0.15) is 25.7 Å². The van der Waals surface area contributed by atoms with Crippen LogP contribution < -0.4 is 11.1 Å². The molecular formula is C13H24ClN3O3. The van der Waals surface area contributed by atoms with E-state index in [1.807, 2.05) is 0 Å². The molecule has 0 radical (unpaired) electrons. The van der Waals surface area contributed by atoms with E-state index in [2.05, 4.69) is 5.32 Å². The van der Waals surface area contributed by atoms with E-state index in [0.29, 0.717) is 39.3 Å². The molecule has 2 fully saturated rings. The minimum atomic E-state index is 0. The Kier molecular flexibility index (Phi) is 7.26. The summed E-state index contributed by atoms with van der Waals surface area (Å²) >= 11 is 0. The van der Waals surface area contributed by atoms with E-state index >= 15 is 0 Å². The molecule has 7 heteroatoms. The fraction of sp³-hybridized carbons (Fsp3) is 0.846. The lowest BCUT2D eigenvalue weighted by molar-refractivity contribution is -0.135. The van der Waals surface area contributed by atoms with Crippen LogP contribution in [0.3, 0.4) is 0 Å². The zero-order valence-electron chi connectivity index (χ0n) is 11.7. The van der Waals surface area contributed by atoms with Crippen LogP contribution in [0.4, 0.5) is 0 Å². The third-order valence-corrected chi connectivity index (χ3v) is 3.85. The Labute approximate surface area is 125 Å². The fourth-order valence-corrected chi connectivity index (χ4v) is 2.66. The normalized spacial score (nSPS) is 25.9. The van der Waals surface area contributed by atoms with Gasteiger partial charge in [0.1, 0.15) is 0 Å². The molecule has 0 aromatic carbocycles. The minimum Gasteiger partial charge on any atom is -0.378 e. The third-order valence-electron chi connectivity index (χ3n) is 3.85. The van der Waals surface area contributed by atoms with E-state index in [1.54, 1.807) is 4.90 Å². The molecule has 1 saturated carbocycles. The number of carbonyl (C=O) groups is 2. The van der Waals surface area contributed by atoms with Crippen molar-refractivity contribution >= 4 is 24.2 Å². The van der Waals surface area contributed by atoms with Gasteiger partial charge in [0.15, 0.2) is 0 Å². The third kappa shape index (κ3) is 4.92. The van der Waals surface area contributed by atoms with Crippen molar-refractivity contribution in [2.24, 2.45) is 11.7 Å². The summed E-state index contributed by atoms with van der Waals surface area (Å²) in [4.78, 5) is 25.5. The van der Waals surface area contributed by atoms with E-state index in [0.717, 1.165) is 19.3 Å². The summed E-state index contributed by atoms with van der Waals surface area (Å²) in [6.07, 6.45) is 2.92. The van der Waals surface area contributed by atoms with Crippen LogP contribution in [0.5, 0.6) is 0 Å². The zero-order valence-corrected chi connectivity index (χ0v) is 12.5. The van der Waals surface area contributed by atoms with Gasteiger partial charge in [-0.05, 0) is 19.3 Å². The van der Waals surface area contributed by atoms with Crippen molar-refractivity contribution in [1.82, 2.24) is 10.2 Å². The first-order valence-electron chi connectivity index (χ1n) is 7.05. The van der Waals surface area contributed by atoms with Crippen LogP contribution in [0.25, 0.3) is 0 Å². The molecule has 3 N–H and O–H groups in total. The number of morpholine rings is 1. The highest BCUT2D eigenvalue weighted by Gasteiger charge is 2.27. The summed E-state index contributed by atoms with van der Waals surface area (Å²) in [6.45, 7) is 2.95. The maximum Gasteiger partial charge on any atom is 0.224 e. The van der Waals surface area contributed by atoms with E-state index in [9.17, 15) is 9.59 Å². The van der Waals surface area contributed by atoms with Crippen LogP contribution in [0.15, 0.2) is 0 Å². The lowest BCUT2D eigenvalue weighted by Gasteiger charge is -2.26. The first-order valence-corrected chi connectivity index (χ1v) is 7.05. The second kappa shape index (κ2) is 8.44. The molecule has 0 aromatic rings. The molecule has 2 aliphatic rings. The molecule has 0 bridgehead atoms. The number of amides is 2. The number of rotatable bonds is 4. The molecule has 2 atom stereocenters. The molecule has 116 valence electrons. The predicted octanol–water partition coefficient (Wildman–Crippen LogP) is -0.0993. The summed E-state index contributed by atoms with van der Waals surface area (Å²) in [5.41, 5.74) is 5.78. The SMILES string of the molecule is Cl.NC1CCC(C(=O)NCCC(=O)N2CCOCC2)C1. The van der Waals surface area contributed by atoms with Crippen LogP contribution in [-0.4, -0.2) is 55.6 Å². The topological polar surface area (TPSA) is 84.7 Å². The monoisotopic (exact) mass is 305 g/mol. The van der Waals surface area contributed by atoms with Gasteiger partial charge in [-0.25, -0.2) is 0 Å². The molecule has 20 heavy (non-hydrogen) atoms. The quantitative estimate of drug-likeness (QED) is 0.760. The van der Waals surface area contributed by atoms with E-state index in [4.69, 9.17) is 10.5 Å². The Bertz CT molecular complexity index is 318. The summed E-state index contributed by atoms with van der Waals surface area (Å²) in [6, 6.07) is 0.158. The Morgan fingerprint density at radius 1 is 1.25 bits per heavy atom. The van der Waals surface area contributed by atoms with Gasteiger partial charge in [-0.15, -0.1) is 12.4 Å². The molecular weight excluding hydrogens is 282 g/mol. The van der Waals surface area contributed by atoms with Gasteiger partial charge in [-0.3, -0.25) is 9.59 Å². The first-order chi connectivity index (χ1) is 9.16. The molecule has 2 rings (SSSR count). The number of ether oxygens (including phenoxy) is 1. The number of nitrogens with two attached hydrogens (primary N) is 1. The van der Waals surface area contributed by atoms with Crippen molar-refractivity contribution in [3.63, 3.8) is 0 Å². The lowest BCUT2D eigenvalue weighted by Crippen LogP contribution is -2.42. The number of carbonyl (C=O) groups excluding carboxylic acids is 2. The molecule has 1 aliphatic heterocycles. The van der Waals surface area contributed by atoms with Gasteiger partial charge >= 0.3 is 0 Å². The highest BCUT2D eigenvalue weighted by Crippen LogP contribution is 2.23.